The minimum atomic E-state index is -0.127. The Morgan fingerprint density at radius 1 is 1.15 bits per heavy atom. The average molecular weight is 277 g/mol. The highest BCUT2D eigenvalue weighted by molar-refractivity contribution is 5.95. The number of carbonyl (C=O) groups excluding carboxylic acids is 2. The summed E-state index contributed by atoms with van der Waals surface area (Å²) in [4.78, 5) is 23.3. The van der Waals surface area contributed by atoms with Crippen LogP contribution in [0.15, 0.2) is 18.2 Å². The number of anilines is 2. The Kier molecular flexibility index (Phi) is 6.18. The highest BCUT2D eigenvalue weighted by atomic mass is 16.2. The molecule has 0 saturated heterocycles. The van der Waals surface area contributed by atoms with E-state index in [2.05, 4.69) is 10.6 Å². The lowest BCUT2D eigenvalue weighted by molar-refractivity contribution is -0.117. The summed E-state index contributed by atoms with van der Waals surface area (Å²) >= 11 is 0. The van der Waals surface area contributed by atoms with Crippen molar-refractivity contribution in [1.29, 1.82) is 0 Å². The first-order valence-corrected chi connectivity index (χ1v) is 6.92. The number of nitrogens with one attached hydrogen (secondary N) is 2. The van der Waals surface area contributed by atoms with E-state index in [1.165, 1.54) is 0 Å². The van der Waals surface area contributed by atoms with Crippen LogP contribution in [0.25, 0.3) is 0 Å². The fourth-order valence-corrected chi connectivity index (χ4v) is 1.73. The van der Waals surface area contributed by atoms with Crippen LogP contribution in [0, 0.1) is 6.92 Å². The molecule has 0 aromatic heterocycles. The van der Waals surface area contributed by atoms with Crippen molar-refractivity contribution in [2.45, 2.75) is 46.1 Å². The van der Waals surface area contributed by atoms with Crippen LogP contribution in [0.5, 0.6) is 0 Å². The van der Waals surface area contributed by atoms with Gasteiger partial charge in [0.05, 0.1) is 0 Å². The van der Waals surface area contributed by atoms with E-state index in [1.54, 1.807) is 13.0 Å². The van der Waals surface area contributed by atoms with Crippen LogP contribution < -0.4 is 16.4 Å². The second-order valence-electron chi connectivity index (χ2n) is 4.80. The summed E-state index contributed by atoms with van der Waals surface area (Å²) < 4.78 is 0. The molecule has 1 unspecified atom stereocenters. The molecule has 0 spiro atoms. The molecule has 0 radical (unpaired) electrons. The van der Waals surface area contributed by atoms with E-state index in [0.29, 0.717) is 18.5 Å². The van der Waals surface area contributed by atoms with Crippen LogP contribution in [0.3, 0.4) is 0 Å². The van der Waals surface area contributed by atoms with Crippen LogP contribution in [-0.2, 0) is 9.59 Å². The third-order valence-electron chi connectivity index (χ3n) is 3.18. The maximum absolute atomic E-state index is 11.8. The first-order valence-electron chi connectivity index (χ1n) is 6.92. The van der Waals surface area contributed by atoms with Crippen molar-refractivity contribution in [3.63, 3.8) is 0 Å². The second-order valence-corrected chi connectivity index (χ2v) is 4.80. The molecule has 0 aliphatic carbocycles. The first-order chi connectivity index (χ1) is 9.47. The van der Waals surface area contributed by atoms with Crippen molar-refractivity contribution in [3.05, 3.63) is 23.8 Å². The van der Waals surface area contributed by atoms with Crippen LogP contribution in [0.4, 0.5) is 11.4 Å². The predicted molar refractivity (Wildman–Crippen MR) is 81.6 cm³/mol. The monoisotopic (exact) mass is 277 g/mol. The summed E-state index contributed by atoms with van der Waals surface area (Å²) in [6, 6.07) is 5.30. The van der Waals surface area contributed by atoms with Gasteiger partial charge in [-0.15, -0.1) is 0 Å². The molecule has 1 atom stereocenters. The quantitative estimate of drug-likeness (QED) is 0.746. The smallest absolute Gasteiger partial charge is 0.225 e. The molecule has 0 aliphatic rings. The Bertz CT molecular complexity index is 486. The standard InChI is InChI=1S/C15H23N3O2/c1-4-11(16)9-15(20)18-13-8-6-7-12(10(13)3)17-14(19)5-2/h6-8,11H,4-5,9,16H2,1-3H3,(H,17,19)(H,18,20). The van der Waals surface area contributed by atoms with Gasteiger partial charge in [-0.3, -0.25) is 9.59 Å². The van der Waals surface area contributed by atoms with Gasteiger partial charge in [0.2, 0.25) is 11.8 Å². The van der Waals surface area contributed by atoms with Gasteiger partial charge in [0, 0.05) is 30.3 Å². The molecular weight excluding hydrogens is 254 g/mol. The Hall–Kier alpha value is -1.88. The van der Waals surface area contributed by atoms with Crippen molar-refractivity contribution in [2.75, 3.05) is 10.6 Å². The predicted octanol–water partition coefficient (Wildman–Crippen LogP) is 2.41. The van der Waals surface area contributed by atoms with Crippen molar-refractivity contribution in [3.8, 4) is 0 Å². The van der Waals surface area contributed by atoms with Crippen LogP contribution in [0.2, 0.25) is 0 Å². The molecule has 2 amide bonds. The highest BCUT2D eigenvalue weighted by Gasteiger charge is 2.11. The number of carbonyl (C=O) groups is 2. The Morgan fingerprint density at radius 3 is 2.20 bits per heavy atom. The van der Waals surface area contributed by atoms with E-state index in [-0.39, 0.29) is 17.9 Å². The molecule has 0 saturated carbocycles. The Morgan fingerprint density at radius 2 is 1.70 bits per heavy atom. The fourth-order valence-electron chi connectivity index (χ4n) is 1.73. The minimum Gasteiger partial charge on any atom is -0.327 e. The molecule has 5 nitrogen and oxygen atoms in total. The van der Waals surface area contributed by atoms with Gasteiger partial charge in [0.25, 0.3) is 0 Å². The third-order valence-corrected chi connectivity index (χ3v) is 3.18. The van der Waals surface area contributed by atoms with Crippen LogP contribution in [-0.4, -0.2) is 17.9 Å². The SMILES string of the molecule is CCC(=O)Nc1cccc(NC(=O)CC(N)CC)c1C. The Labute approximate surface area is 119 Å². The minimum absolute atomic E-state index is 0.0513. The van der Waals surface area contributed by atoms with Gasteiger partial charge < -0.3 is 16.4 Å². The number of hydrogen-bond donors (Lipinski definition) is 3. The molecule has 0 fully saturated rings. The molecule has 0 aliphatic heterocycles. The molecule has 1 rings (SSSR count). The van der Waals surface area contributed by atoms with E-state index in [9.17, 15) is 9.59 Å². The zero-order valence-electron chi connectivity index (χ0n) is 12.3. The lowest BCUT2D eigenvalue weighted by Crippen LogP contribution is -2.26. The molecule has 4 N–H and O–H groups in total. The van der Waals surface area contributed by atoms with E-state index in [0.717, 1.165) is 17.7 Å². The van der Waals surface area contributed by atoms with Gasteiger partial charge in [0.15, 0.2) is 0 Å². The summed E-state index contributed by atoms with van der Waals surface area (Å²) in [5, 5.41) is 5.65. The number of amides is 2. The lowest BCUT2D eigenvalue weighted by atomic mass is 10.1. The molecule has 1 aromatic rings. The zero-order chi connectivity index (χ0) is 15.1. The second kappa shape index (κ2) is 7.65. The summed E-state index contributed by atoms with van der Waals surface area (Å²) in [7, 11) is 0. The highest BCUT2D eigenvalue weighted by Crippen LogP contribution is 2.23. The summed E-state index contributed by atoms with van der Waals surface area (Å²) in [5.41, 5.74) is 8.02. The van der Waals surface area contributed by atoms with Gasteiger partial charge >= 0.3 is 0 Å². The van der Waals surface area contributed by atoms with Gasteiger partial charge in [-0.05, 0) is 31.0 Å². The largest absolute Gasteiger partial charge is 0.327 e. The maximum Gasteiger partial charge on any atom is 0.225 e. The van der Waals surface area contributed by atoms with Crippen molar-refractivity contribution >= 4 is 23.2 Å². The number of nitrogens with two attached hydrogens (primary N) is 1. The molecule has 1 aromatic carbocycles. The molecule has 20 heavy (non-hydrogen) atoms. The average Bonchev–Trinajstić information content (AvgIpc) is 2.42. The molecule has 110 valence electrons. The topological polar surface area (TPSA) is 84.2 Å². The zero-order valence-corrected chi connectivity index (χ0v) is 12.3. The van der Waals surface area contributed by atoms with Gasteiger partial charge in [0.1, 0.15) is 0 Å². The maximum atomic E-state index is 11.8. The van der Waals surface area contributed by atoms with Crippen LogP contribution >= 0.6 is 0 Å². The van der Waals surface area contributed by atoms with Crippen molar-refractivity contribution in [2.24, 2.45) is 5.73 Å². The Balaban J connectivity index is 2.78. The summed E-state index contributed by atoms with van der Waals surface area (Å²) in [6.45, 7) is 5.60. The van der Waals surface area contributed by atoms with Gasteiger partial charge in [-0.25, -0.2) is 0 Å². The van der Waals surface area contributed by atoms with Gasteiger partial charge in [-0.1, -0.05) is 19.9 Å². The van der Waals surface area contributed by atoms with E-state index in [1.807, 2.05) is 26.0 Å². The van der Waals surface area contributed by atoms with E-state index < -0.39 is 0 Å². The molecule has 5 heteroatoms. The van der Waals surface area contributed by atoms with Crippen molar-refractivity contribution in [1.82, 2.24) is 0 Å². The molecule has 0 bridgehead atoms. The molecule has 0 heterocycles. The number of benzene rings is 1. The van der Waals surface area contributed by atoms with Crippen molar-refractivity contribution < 1.29 is 9.59 Å². The first kappa shape index (κ1) is 16.2. The van der Waals surface area contributed by atoms with Crippen LogP contribution in [0.1, 0.15) is 38.7 Å². The lowest BCUT2D eigenvalue weighted by Gasteiger charge is -2.14. The summed E-state index contributed by atoms with van der Waals surface area (Å²) in [6.07, 6.45) is 1.47. The summed E-state index contributed by atoms with van der Waals surface area (Å²) in [5.74, 6) is -0.161. The number of hydrogen-bond acceptors (Lipinski definition) is 3. The molecular formula is C15H23N3O2. The van der Waals surface area contributed by atoms with Gasteiger partial charge in [-0.2, -0.15) is 0 Å². The third kappa shape index (κ3) is 4.66. The van der Waals surface area contributed by atoms with E-state index >= 15 is 0 Å². The number of rotatable bonds is 6. The van der Waals surface area contributed by atoms with E-state index in [4.69, 9.17) is 5.73 Å². The fraction of sp³-hybridized carbons (Fsp3) is 0.467. The normalized spacial score (nSPS) is 11.8.